The molecule has 2 fully saturated rings. The number of halogens is 2. The molecule has 2 atom stereocenters. The van der Waals surface area contributed by atoms with Gasteiger partial charge in [-0.05, 0) is 104 Å². The Labute approximate surface area is 157 Å². The molecule has 0 heterocycles. The van der Waals surface area contributed by atoms with E-state index in [-0.39, 0.29) is 0 Å². The number of rotatable bonds is 2. The van der Waals surface area contributed by atoms with Gasteiger partial charge in [-0.2, -0.15) is 0 Å². The first-order valence-electron chi connectivity index (χ1n) is 11.0. The number of hydrogen-bond acceptors (Lipinski definition) is 0. The minimum atomic E-state index is -0.684. The Kier molecular flexibility index (Phi) is 5.39. The molecule has 3 aliphatic carbocycles. The van der Waals surface area contributed by atoms with Gasteiger partial charge in [0.15, 0.2) is 11.6 Å². The minimum absolute atomic E-state index is 0.367. The standard InChI is InChI=1S/C24H34F2/c1-15-3-5-17(6-4-15)18-7-9-19(10-8-18)20-11-12-22-21(16(20)2)13-14-23(25)24(22)26/h13-20H,3-12H2,1-2H3/t15?,16-,17?,18?,19?,20?/m1/s1. The zero-order valence-electron chi connectivity index (χ0n) is 16.4. The van der Waals surface area contributed by atoms with Crippen molar-refractivity contribution in [2.45, 2.75) is 84.0 Å². The highest BCUT2D eigenvalue weighted by Gasteiger charge is 2.37. The Hall–Kier alpha value is -0.920. The largest absolute Gasteiger partial charge is 0.204 e. The van der Waals surface area contributed by atoms with E-state index in [2.05, 4.69) is 13.8 Å². The summed E-state index contributed by atoms with van der Waals surface area (Å²) in [5.41, 5.74) is 1.72. The van der Waals surface area contributed by atoms with Crippen LogP contribution in [0.5, 0.6) is 0 Å². The molecule has 0 aliphatic heterocycles. The summed E-state index contributed by atoms with van der Waals surface area (Å²) in [5.74, 6) is 3.40. The van der Waals surface area contributed by atoms with Crippen LogP contribution in [0.15, 0.2) is 12.1 Å². The van der Waals surface area contributed by atoms with Crippen LogP contribution in [0.2, 0.25) is 0 Å². The van der Waals surface area contributed by atoms with Crippen LogP contribution in [0.1, 0.15) is 88.7 Å². The molecule has 1 aromatic carbocycles. The van der Waals surface area contributed by atoms with Crippen LogP contribution >= 0.6 is 0 Å². The van der Waals surface area contributed by atoms with E-state index in [4.69, 9.17) is 0 Å². The van der Waals surface area contributed by atoms with Gasteiger partial charge in [0.25, 0.3) is 0 Å². The molecule has 2 saturated carbocycles. The van der Waals surface area contributed by atoms with E-state index in [0.717, 1.165) is 35.7 Å². The van der Waals surface area contributed by atoms with Crippen LogP contribution in [0.25, 0.3) is 0 Å². The lowest BCUT2D eigenvalue weighted by Crippen LogP contribution is -2.32. The van der Waals surface area contributed by atoms with Crippen LogP contribution in [-0.2, 0) is 6.42 Å². The first kappa shape index (κ1) is 18.4. The Morgan fingerprint density at radius 3 is 1.96 bits per heavy atom. The Morgan fingerprint density at radius 2 is 1.31 bits per heavy atom. The maximum atomic E-state index is 14.1. The van der Waals surface area contributed by atoms with Gasteiger partial charge in [-0.25, -0.2) is 8.78 Å². The van der Waals surface area contributed by atoms with Gasteiger partial charge in [0, 0.05) is 0 Å². The second kappa shape index (κ2) is 7.60. The zero-order valence-corrected chi connectivity index (χ0v) is 16.4. The highest BCUT2D eigenvalue weighted by Crippen LogP contribution is 2.48. The monoisotopic (exact) mass is 360 g/mol. The molecule has 26 heavy (non-hydrogen) atoms. The molecule has 1 aromatic rings. The first-order valence-corrected chi connectivity index (χ1v) is 11.0. The quantitative estimate of drug-likeness (QED) is 0.520. The number of benzene rings is 1. The molecule has 0 N–H and O–H groups in total. The van der Waals surface area contributed by atoms with Gasteiger partial charge in [-0.15, -0.1) is 0 Å². The highest BCUT2D eigenvalue weighted by atomic mass is 19.2. The van der Waals surface area contributed by atoms with Crippen LogP contribution in [0.3, 0.4) is 0 Å². The van der Waals surface area contributed by atoms with Crippen molar-refractivity contribution in [3.63, 3.8) is 0 Å². The van der Waals surface area contributed by atoms with Gasteiger partial charge >= 0.3 is 0 Å². The van der Waals surface area contributed by atoms with E-state index in [0.29, 0.717) is 23.8 Å². The number of fused-ring (bicyclic) bond motifs is 1. The van der Waals surface area contributed by atoms with Gasteiger partial charge in [0.05, 0.1) is 0 Å². The average molecular weight is 361 g/mol. The molecular formula is C24H34F2. The van der Waals surface area contributed by atoms with Crippen molar-refractivity contribution in [1.29, 1.82) is 0 Å². The van der Waals surface area contributed by atoms with Crippen molar-refractivity contribution in [3.8, 4) is 0 Å². The number of hydrogen-bond donors (Lipinski definition) is 0. The Balaban J connectivity index is 1.38. The summed E-state index contributed by atoms with van der Waals surface area (Å²) in [5, 5.41) is 0. The van der Waals surface area contributed by atoms with Gasteiger partial charge in [-0.3, -0.25) is 0 Å². The molecule has 0 aromatic heterocycles. The first-order chi connectivity index (χ1) is 12.5. The highest BCUT2D eigenvalue weighted by molar-refractivity contribution is 5.35. The van der Waals surface area contributed by atoms with E-state index < -0.39 is 11.6 Å². The molecule has 4 rings (SSSR count). The SMILES string of the molecule is CC1CCC(C2CCC(C3CCc4c(ccc(F)c4F)[C@@H]3C)CC2)CC1. The lowest BCUT2D eigenvalue weighted by molar-refractivity contribution is 0.115. The molecule has 1 unspecified atom stereocenters. The molecule has 0 bridgehead atoms. The lowest BCUT2D eigenvalue weighted by atomic mass is 9.63. The summed E-state index contributed by atoms with van der Waals surface area (Å²) >= 11 is 0. The predicted octanol–water partition coefficient (Wildman–Crippen LogP) is 7.26. The van der Waals surface area contributed by atoms with Crippen LogP contribution < -0.4 is 0 Å². The molecule has 0 radical (unpaired) electrons. The van der Waals surface area contributed by atoms with Crippen LogP contribution in [0.4, 0.5) is 8.78 Å². The molecule has 144 valence electrons. The Bertz CT molecular complexity index is 621. The fourth-order valence-electron chi connectivity index (χ4n) is 6.53. The summed E-state index contributed by atoms with van der Waals surface area (Å²) < 4.78 is 27.7. The molecule has 3 aliphatic rings. The summed E-state index contributed by atoms with van der Waals surface area (Å²) in [6, 6.07) is 3.17. The summed E-state index contributed by atoms with van der Waals surface area (Å²) in [6.45, 7) is 4.65. The maximum Gasteiger partial charge on any atom is 0.162 e. The third kappa shape index (κ3) is 3.45. The van der Waals surface area contributed by atoms with Crippen LogP contribution in [-0.4, -0.2) is 0 Å². The molecule has 0 saturated heterocycles. The molecular weight excluding hydrogens is 326 g/mol. The third-order valence-corrected chi connectivity index (χ3v) is 8.24. The second-order valence-corrected chi connectivity index (χ2v) is 9.62. The summed E-state index contributed by atoms with van der Waals surface area (Å²) in [6.07, 6.45) is 13.0. The lowest BCUT2D eigenvalue weighted by Gasteiger charge is -2.42. The normalized spacial score (nSPS) is 38.0. The molecule has 0 spiro atoms. The second-order valence-electron chi connectivity index (χ2n) is 9.62. The van der Waals surface area contributed by atoms with E-state index in [9.17, 15) is 8.78 Å². The molecule has 0 nitrogen and oxygen atoms in total. The van der Waals surface area contributed by atoms with E-state index in [1.807, 2.05) is 6.07 Å². The van der Waals surface area contributed by atoms with E-state index >= 15 is 0 Å². The van der Waals surface area contributed by atoms with Gasteiger partial charge in [0.1, 0.15) is 0 Å². The molecule has 0 amide bonds. The zero-order chi connectivity index (χ0) is 18.3. The summed E-state index contributed by atoms with van der Waals surface area (Å²) in [4.78, 5) is 0. The summed E-state index contributed by atoms with van der Waals surface area (Å²) in [7, 11) is 0. The Morgan fingerprint density at radius 1 is 0.731 bits per heavy atom. The maximum absolute atomic E-state index is 14.1. The van der Waals surface area contributed by atoms with Crippen molar-refractivity contribution in [2.75, 3.05) is 0 Å². The predicted molar refractivity (Wildman–Crippen MR) is 103 cm³/mol. The smallest absolute Gasteiger partial charge is 0.162 e. The van der Waals surface area contributed by atoms with Gasteiger partial charge in [0.2, 0.25) is 0 Å². The molecule has 2 heteroatoms. The fraction of sp³-hybridized carbons (Fsp3) is 0.750. The van der Waals surface area contributed by atoms with Gasteiger partial charge < -0.3 is 0 Å². The van der Waals surface area contributed by atoms with Crippen molar-refractivity contribution in [3.05, 3.63) is 34.9 Å². The minimum Gasteiger partial charge on any atom is -0.204 e. The van der Waals surface area contributed by atoms with Crippen molar-refractivity contribution in [2.24, 2.45) is 29.6 Å². The van der Waals surface area contributed by atoms with E-state index in [1.54, 1.807) is 0 Å². The topological polar surface area (TPSA) is 0 Å². The van der Waals surface area contributed by atoms with Crippen molar-refractivity contribution >= 4 is 0 Å². The average Bonchev–Trinajstić information content (AvgIpc) is 2.66. The van der Waals surface area contributed by atoms with Gasteiger partial charge in [-0.1, -0.05) is 32.8 Å². The fourth-order valence-corrected chi connectivity index (χ4v) is 6.53. The van der Waals surface area contributed by atoms with Crippen molar-refractivity contribution in [1.82, 2.24) is 0 Å². The van der Waals surface area contributed by atoms with Crippen LogP contribution in [0, 0.1) is 41.2 Å². The van der Waals surface area contributed by atoms with Crippen molar-refractivity contribution < 1.29 is 8.78 Å². The third-order valence-electron chi connectivity index (χ3n) is 8.24. The van der Waals surface area contributed by atoms with E-state index in [1.165, 1.54) is 57.4 Å².